The molecule has 0 unspecified atom stereocenters. The van der Waals surface area contributed by atoms with Crippen LogP contribution < -0.4 is 4.90 Å². The van der Waals surface area contributed by atoms with E-state index in [4.69, 9.17) is 4.74 Å². The number of ether oxygens (including phenoxy) is 1. The number of nitrogens with zero attached hydrogens (tertiary/aromatic N) is 1. The van der Waals surface area contributed by atoms with Crippen molar-refractivity contribution in [2.75, 3.05) is 32.2 Å². The molecule has 26 heavy (non-hydrogen) atoms. The van der Waals surface area contributed by atoms with Gasteiger partial charge in [0, 0.05) is 19.8 Å². The van der Waals surface area contributed by atoms with Crippen molar-refractivity contribution in [1.29, 1.82) is 0 Å². The number of hydrogen-bond acceptors (Lipinski definition) is 3. The molecule has 0 bridgehead atoms. The second-order valence-electron chi connectivity index (χ2n) is 6.43. The number of hydrogen-bond donors (Lipinski definition) is 1. The zero-order chi connectivity index (χ0) is 18.4. The minimum Gasteiger partial charge on any atom is -0.394 e. The van der Waals surface area contributed by atoms with Gasteiger partial charge in [-0.15, -0.1) is 0 Å². The molecule has 0 saturated heterocycles. The summed E-state index contributed by atoms with van der Waals surface area (Å²) in [6.07, 6.45) is 0. The van der Waals surface area contributed by atoms with Crippen LogP contribution in [-0.2, 0) is 10.3 Å². The molecule has 3 heteroatoms. The van der Waals surface area contributed by atoms with Gasteiger partial charge in [-0.3, -0.25) is 0 Å². The molecule has 0 amide bonds. The van der Waals surface area contributed by atoms with E-state index in [1.54, 1.807) is 0 Å². The Hall–Kier alpha value is -2.62. The van der Waals surface area contributed by atoms with E-state index in [2.05, 4.69) is 53.4 Å². The smallest absolute Gasteiger partial charge is 0.143 e. The summed E-state index contributed by atoms with van der Waals surface area (Å²) in [6.45, 7) is 0.219. The Kier molecular flexibility index (Phi) is 5.71. The van der Waals surface area contributed by atoms with Gasteiger partial charge < -0.3 is 14.7 Å². The molecule has 0 saturated carbocycles. The molecule has 0 aliphatic rings. The van der Waals surface area contributed by atoms with Gasteiger partial charge in [0.05, 0.1) is 13.2 Å². The van der Waals surface area contributed by atoms with Crippen LogP contribution in [0, 0.1) is 0 Å². The van der Waals surface area contributed by atoms with Crippen molar-refractivity contribution in [2.45, 2.75) is 5.60 Å². The molecule has 0 aromatic heterocycles. The van der Waals surface area contributed by atoms with Crippen molar-refractivity contribution in [3.05, 3.63) is 102 Å². The number of rotatable bonds is 7. The van der Waals surface area contributed by atoms with Crippen molar-refractivity contribution < 1.29 is 9.84 Å². The fourth-order valence-corrected chi connectivity index (χ4v) is 3.29. The molecule has 0 atom stereocenters. The van der Waals surface area contributed by atoms with Gasteiger partial charge in [-0.2, -0.15) is 0 Å². The number of aliphatic hydroxyl groups excluding tert-OH is 1. The first-order valence-electron chi connectivity index (χ1n) is 8.82. The van der Waals surface area contributed by atoms with Crippen molar-refractivity contribution in [1.82, 2.24) is 0 Å². The summed E-state index contributed by atoms with van der Waals surface area (Å²) in [4.78, 5) is 2.07. The minimum atomic E-state index is -0.768. The van der Waals surface area contributed by atoms with Crippen LogP contribution in [0.2, 0.25) is 0 Å². The lowest BCUT2D eigenvalue weighted by Crippen LogP contribution is -2.34. The molecule has 0 spiro atoms. The van der Waals surface area contributed by atoms with E-state index in [9.17, 15) is 5.11 Å². The molecule has 0 aliphatic carbocycles. The van der Waals surface area contributed by atoms with Crippen LogP contribution >= 0.6 is 0 Å². The van der Waals surface area contributed by atoms with Gasteiger partial charge in [0.25, 0.3) is 0 Å². The van der Waals surface area contributed by atoms with Crippen LogP contribution in [0.1, 0.15) is 16.7 Å². The van der Waals surface area contributed by atoms with Crippen molar-refractivity contribution >= 4 is 5.69 Å². The van der Waals surface area contributed by atoms with E-state index in [0.717, 1.165) is 22.4 Å². The molecule has 0 fully saturated rings. The highest BCUT2D eigenvalue weighted by molar-refractivity contribution is 5.53. The average Bonchev–Trinajstić information content (AvgIpc) is 2.70. The fraction of sp³-hybridized carbons (Fsp3) is 0.217. The predicted molar refractivity (Wildman–Crippen MR) is 107 cm³/mol. The molecule has 134 valence electrons. The summed E-state index contributed by atoms with van der Waals surface area (Å²) in [5, 5.41) is 9.46. The van der Waals surface area contributed by atoms with E-state index < -0.39 is 5.60 Å². The molecule has 0 heterocycles. The third kappa shape index (κ3) is 3.50. The van der Waals surface area contributed by atoms with E-state index in [0.29, 0.717) is 0 Å². The standard InChI is InChI=1S/C23H25NO2/c1-24(2)22-15-13-21(14-16-22)23(26-18-17-25,19-9-5-3-6-10-19)20-11-7-4-8-12-20/h3-16,25H,17-18H2,1-2H3. The van der Waals surface area contributed by atoms with Crippen LogP contribution in [0.5, 0.6) is 0 Å². The lowest BCUT2D eigenvalue weighted by Gasteiger charge is -2.36. The maximum Gasteiger partial charge on any atom is 0.143 e. The first-order chi connectivity index (χ1) is 12.7. The highest BCUT2D eigenvalue weighted by Crippen LogP contribution is 2.40. The van der Waals surface area contributed by atoms with Gasteiger partial charge in [0.1, 0.15) is 5.60 Å². The topological polar surface area (TPSA) is 32.7 Å². The summed E-state index contributed by atoms with van der Waals surface area (Å²) in [5.74, 6) is 0. The summed E-state index contributed by atoms with van der Waals surface area (Å²) in [5.41, 5.74) is 3.48. The molecule has 3 rings (SSSR count). The second-order valence-corrected chi connectivity index (χ2v) is 6.43. The lowest BCUT2D eigenvalue weighted by molar-refractivity contribution is -0.00643. The van der Waals surface area contributed by atoms with E-state index in [-0.39, 0.29) is 13.2 Å². The van der Waals surface area contributed by atoms with Crippen LogP contribution in [0.25, 0.3) is 0 Å². The zero-order valence-electron chi connectivity index (χ0n) is 15.3. The monoisotopic (exact) mass is 347 g/mol. The molecule has 3 aromatic rings. The summed E-state index contributed by atoms with van der Waals surface area (Å²) >= 11 is 0. The maximum absolute atomic E-state index is 9.46. The SMILES string of the molecule is CN(C)c1ccc(C(OCCO)(c2ccccc2)c2ccccc2)cc1. The Morgan fingerprint density at radius 1 is 0.731 bits per heavy atom. The van der Waals surface area contributed by atoms with Gasteiger partial charge >= 0.3 is 0 Å². The first-order valence-corrected chi connectivity index (χ1v) is 8.82. The van der Waals surface area contributed by atoms with E-state index in [1.807, 2.05) is 50.5 Å². The Bertz CT molecular complexity index is 759. The molecular weight excluding hydrogens is 322 g/mol. The number of anilines is 1. The summed E-state index contributed by atoms with van der Waals surface area (Å²) < 4.78 is 6.37. The van der Waals surface area contributed by atoms with Gasteiger partial charge in [-0.05, 0) is 28.8 Å². The van der Waals surface area contributed by atoms with Crippen LogP contribution in [0.15, 0.2) is 84.9 Å². The molecule has 0 aliphatic heterocycles. The molecule has 1 N–H and O–H groups in total. The third-order valence-electron chi connectivity index (χ3n) is 4.56. The maximum atomic E-state index is 9.46. The Morgan fingerprint density at radius 2 is 1.19 bits per heavy atom. The largest absolute Gasteiger partial charge is 0.394 e. The molecule has 3 nitrogen and oxygen atoms in total. The third-order valence-corrected chi connectivity index (χ3v) is 4.56. The van der Waals surface area contributed by atoms with Gasteiger partial charge in [-0.25, -0.2) is 0 Å². The minimum absolute atomic E-state index is 0.0306. The predicted octanol–water partition coefficient (Wildman–Crippen LogP) is 4.05. The summed E-state index contributed by atoms with van der Waals surface area (Å²) in [6, 6.07) is 28.8. The van der Waals surface area contributed by atoms with Crippen molar-refractivity contribution in [2.24, 2.45) is 0 Å². The van der Waals surface area contributed by atoms with Crippen LogP contribution in [0.4, 0.5) is 5.69 Å². The van der Waals surface area contributed by atoms with Crippen LogP contribution in [-0.4, -0.2) is 32.4 Å². The van der Waals surface area contributed by atoms with Crippen LogP contribution in [0.3, 0.4) is 0 Å². The lowest BCUT2D eigenvalue weighted by atomic mass is 9.80. The molecule has 0 radical (unpaired) electrons. The Balaban J connectivity index is 2.22. The number of aliphatic hydroxyl groups is 1. The van der Waals surface area contributed by atoms with Gasteiger partial charge in [0.15, 0.2) is 0 Å². The first kappa shape index (κ1) is 18.2. The second kappa shape index (κ2) is 8.17. The van der Waals surface area contributed by atoms with E-state index >= 15 is 0 Å². The fourth-order valence-electron chi connectivity index (χ4n) is 3.29. The van der Waals surface area contributed by atoms with Gasteiger partial charge in [-0.1, -0.05) is 72.8 Å². The Labute approximate surface area is 155 Å². The quantitative estimate of drug-likeness (QED) is 0.655. The highest BCUT2D eigenvalue weighted by Gasteiger charge is 2.37. The highest BCUT2D eigenvalue weighted by atomic mass is 16.5. The summed E-state index contributed by atoms with van der Waals surface area (Å²) in [7, 11) is 4.05. The molecular formula is C23H25NO2. The zero-order valence-corrected chi connectivity index (χ0v) is 15.3. The normalized spacial score (nSPS) is 11.3. The number of benzene rings is 3. The Morgan fingerprint density at radius 3 is 1.62 bits per heavy atom. The van der Waals surface area contributed by atoms with Gasteiger partial charge in [0.2, 0.25) is 0 Å². The van der Waals surface area contributed by atoms with E-state index in [1.165, 1.54) is 0 Å². The average molecular weight is 347 g/mol. The van der Waals surface area contributed by atoms with Crippen molar-refractivity contribution in [3.63, 3.8) is 0 Å². The van der Waals surface area contributed by atoms with Crippen molar-refractivity contribution in [3.8, 4) is 0 Å². The molecule has 3 aromatic carbocycles.